The first-order chi connectivity index (χ1) is 9.99. The SMILES string of the molecule is [C-]#[N+]C(C)c1cc(C(C)CC)c(OCC)c(C(C)CC)c1. The molecule has 21 heavy (non-hydrogen) atoms. The monoisotopic (exact) mass is 287 g/mol. The smallest absolute Gasteiger partial charge is 0.246 e. The maximum Gasteiger partial charge on any atom is 0.246 e. The van der Waals surface area contributed by atoms with Gasteiger partial charge in [-0.1, -0.05) is 27.7 Å². The van der Waals surface area contributed by atoms with Gasteiger partial charge in [0, 0.05) is 12.5 Å². The molecule has 3 unspecified atom stereocenters. The number of benzene rings is 1. The zero-order valence-corrected chi connectivity index (χ0v) is 14.4. The van der Waals surface area contributed by atoms with E-state index in [9.17, 15) is 0 Å². The highest BCUT2D eigenvalue weighted by molar-refractivity contribution is 5.49. The van der Waals surface area contributed by atoms with E-state index in [2.05, 4.69) is 44.7 Å². The van der Waals surface area contributed by atoms with Crippen LogP contribution in [0, 0.1) is 6.57 Å². The molecule has 0 aliphatic rings. The molecule has 0 aliphatic heterocycles. The molecule has 1 rings (SSSR count). The van der Waals surface area contributed by atoms with Crippen molar-refractivity contribution >= 4 is 0 Å². The Morgan fingerprint density at radius 2 is 1.48 bits per heavy atom. The first-order valence-corrected chi connectivity index (χ1v) is 8.17. The van der Waals surface area contributed by atoms with Gasteiger partial charge in [0.1, 0.15) is 5.75 Å². The van der Waals surface area contributed by atoms with E-state index in [1.807, 2.05) is 13.8 Å². The molecule has 1 aromatic rings. The van der Waals surface area contributed by atoms with Gasteiger partial charge in [0.2, 0.25) is 6.04 Å². The van der Waals surface area contributed by atoms with Gasteiger partial charge >= 0.3 is 0 Å². The van der Waals surface area contributed by atoms with Crippen LogP contribution < -0.4 is 4.74 Å². The molecule has 0 aliphatic carbocycles. The van der Waals surface area contributed by atoms with E-state index >= 15 is 0 Å². The highest BCUT2D eigenvalue weighted by atomic mass is 16.5. The van der Waals surface area contributed by atoms with Crippen LogP contribution in [-0.2, 0) is 0 Å². The quantitative estimate of drug-likeness (QED) is 0.553. The Bertz CT molecular complexity index is 470. The lowest BCUT2D eigenvalue weighted by Crippen LogP contribution is -2.07. The van der Waals surface area contributed by atoms with Crippen molar-refractivity contribution in [1.29, 1.82) is 0 Å². The zero-order valence-electron chi connectivity index (χ0n) is 14.4. The van der Waals surface area contributed by atoms with Crippen molar-refractivity contribution < 1.29 is 4.74 Å². The molecular weight excluding hydrogens is 258 g/mol. The first kappa shape index (κ1) is 17.6. The predicted octanol–water partition coefficient (Wildman–Crippen LogP) is 6.09. The Morgan fingerprint density at radius 1 is 1.00 bits per heavy atom. The van der Waals surface area contributed by atoms with E-state index in [4.69, 9.17) is 11.3 Å². The second-order valence-electron chi connectivity index (χ2n) is 5.89. The van der Waals surface area contributed by atoms with Gasteiger partial charge in [0.15, 0.2) is 0 Å². The molecule has 3 atom stereocenters. The van der Waals surface area contributed by atoms with Crippen LogP contribution in [0.15, 0.2) is 12.1 Å². The molecule has 2 nitrogen and oxygen atoms in total. The lowest BCUT2D eigenvalue weighted by molar-refractivity contribution is 0.328. The van der Waals surface area contributed by atoms with Gasteiger partial charge in [-0.2, -0.15) is 0 Å². The maximum atomic E-state index is 7.32. The van der Waals surface area contributed by atoms with Gasteiger partial charge in [0.25, 0.3) is 0 Å². The first-order valence-electron chi connectivity index (χ1n) is 8.17. The summed E-state index contributed by atoms with van der Waals surface area (Å²) in [5, 5.41) is 0. The summed E-state index contributed by atoms with van der Waals surface area (Å²) >= 11 is 0. The highest BCUT2D eigenvalue weighted by Gasteiger charge is 2.22. The zero-order chi connectivity index (χ0) is 16.0. The van der Waals surface area contributed by atoms with Crippen LogP contribution in [0.25, 0.3) is 4.85 Å². The molecule has 0 bridgehead atoms. The van der Waals surface area contributed by atoms with Crippen LogP contribution in [0.3, 0.4) is 0 Å². The number of ether oxygens (including phenoxy) is 1. The fraction of sp³-hybridized carbons (Fsp3) is 0.632. The molecule has 0 radical (unpaired) electrons. The third-order valence-electron chi connectivity index (χ3n) is 4.42. The van der Waals surface area contributed by atoms with Crippen LogP contribution in [0.4, 0.5) is 0 Å². The highest BCUT2D eigenvalue weighted by Crippen LogP contribution is 2.39. The van der Waals surface area contributed by atoms with Crippen molar-refractivity contribution in [2.24, 2.45) is 0 Å². The van der Waals surface area contributed by atoms with Crippen molar-refractivity contribution in [2.75, 3.05) is 6.61 Å². The standard InChI is InChI=1S/C19H29NO/c1-8-13(4)17-11-16(15(6)20-7)12-18(14(5)9-2)19(17)21-10-3/h11-15H,8-10H2,1-6H3. The molecule has 116 valence electrons. The van der Waals surface area contributed by atoms with Crippen LogP contribution in [0.2, 0.25) is 0 Å². The van der Waals surface area contributed by atoms with E-state index in [1.165, 1.54) is 11.1 Å². The lowest BCUT2D eigenvalue weighted by Gasteiger charge is -2.23. The molecule has 0 N–H and O–H groups in total. The van der Waals surface area contributed by atoms with Gasteiger partial charge in [-0.3, -0.25) is 0 Å². The van der Waals surface area contributed by atoms with E-state index in [-0.39, 0.29) is 6.04 Å². The second kappa shape index (κ2) is 8.08. The van der Waals surface area contributed by atoms with Crippen molar-refractivity contribution in [1.82, 2.24) is 0 Å². The predicted molar refractivity (Wildman–Crippen MR) is 90.0 cm³/mol. The van der Waals surface area contributed by atoms with Crippen molar-refractivity contribution in [2.45, 2.75) is 72.3 Å². The fourth-order valence-electron chi connectivity index (χ4n) is 2.50. The Labute approximate surface area is 130 Å². The van der Waals surface area contributed by atoms with E-state index in [0.717, 1.165) is 24.2 Å². The molecule has 0 aromatic heterocycles. The Hall–Kier alpha value is -1.49. The summed E-state index contributed by atoms with van der Waals surface area (Å²) in [6.07, 6.45) is 2.16. The van der Waals surface area contributed by atoms with E-state index in [0.29, 0.717) is 18.4 Å². The Kier molecular flexibility index (Phi) is 6.75. The molecule has 1 aromatic carbocycles. The Morgan fingerprint density at radius 3 is 1.81 bits per heavy atom. The summed E-state index contributed by atoms with van der Waals surface area (Å²) in [6.45, 7) is 20.9. The normalized spacial score (nSPS) is 15.1. The molecule has 0 saturated carbocycles. The molecule has 0 amide bonds. The summed E-state index contributed by atoms with van der Waals surface area (Å²) in [5.41, 5.74) is 3.66. The third kappa shape index (κ3) is 4.00. The van der Waals surface area contributed by atoms with E-state index in [1.54, 1.807) is 0 Å². The van der Waals surface area contributed by atoms with Gasteiger partial charge in [-0.05, 0) is 54.9 Å². The van der Waals surface area contributed by atoms with Crippen LogP contribution in [0.5, 0.6) is 5.75 Å². The summed E-state index contributed by atoms with van der Waals surface area (Å²) in [7, 11) is 0. The number of hydrogen-bond donors (Lipinski definition) is 0. The van der Waals surface area contributed by atoms with Crippen LogP contribution in [-0.4, -0.2) is 6.61 Å². The number of nitrogens with zero attached hydrogens (tertiary/aromatic N) is 1. The molecule has 0 heterocycles. The molecular formula is C19H29NO. The summed E-state index contributed by atoms with van der Waals surface area (Å²) in [6, 6.07) is 4.29. The average Bonchev–Trinajstić information content (AvgIpc) is 2.52. The second-order valence-corrected chi connectivity index (χ2v) is 5.89. The Balaban J connectivity index is 3.53. The summed E-state index contributed by atoms with van der Waals surface area (Å²) in [5.74, 6) is 1.96. The minimum atomic E-state index is -0.0914. The molecule has 0 fully saturated rings. The van der Waals surface area contributed by atoms with Gasteiger partial charge in [-0.25, -0.2) is 6.57 Å². The molecule has 2 heteroatoms. The van der Waals surface area contributed by atoms with Gasteiger partial charge < -0.3 is 9.58 Å². The lowest BCUT2D eigenvalue weighted by atomic mass is 9.87. The average molecular weight is 287 g/mol. The topological polar surface area (TPSA) is 13.6 Å². The minimum Gasteiger partial charge on any atom is -0.493 e. The van der Waals surface area contributed by atoms with Crippen molar-refractivity contribution in [3.8, 4) is 5.75 Å². The van der Waals surface area contributed by atoms with E-state index < -0.39 is 0 Å². The number of rotatable bonds is 7. The number of hydrogen-bond acceptors (Lipinski definition) is 1. The van der Waals surface area contributed by atoms with Crippen LogP contribution in [0.1, 0.15) is 89.0 Å². The van der Waals surface area contributed by atoms with Crippen molar-refractivity contribution in [3.05, 3.63) is 40.2 Å². The summed E-state index contributed by atoms with van der Waals surface area (Å²) < 4.78 is 6.00. The largest absolute Gasteiger partial charge is 0.493 e. The minimum absolute atomic E-state index is 0.0914. The maximum absolute atomic E-state index is 7.32. The molecule has 0 spiro atoms. The third-order valence-corrected chi connectivity index (χ3v) is 4.42. The van der Waals surface area contributed by atoms with Gasteiger partial charge in [0.05, 0.1) is 6.61 Å². The summed E-state index contributed by atoms with van der Waals surface area (Å²) in [4.78, 5) is 3.70. The van der Waals surface area contributed by atoms with Gasteiger partial charge in [-0.15, -0.1) is 0 Å². The van der Waals surface area contributed by atoms with Crippen LogP contribution >= 0.6 is 0 Å². The molecule has 0 saturated heterocycles. The fourth-order valence-corrected chi connectivity index (χ4v) is 2.50. The van der Waals surface area contributed by atoms with Crippen molar-refractivity contribution in [3.63, 3.8) is 0 Å².